The largest absolute Gasteiger partial charge is 0.480 e. The maximum Gasteiger partial charge on any atom is 0.408 e. The molecule has 1 fully saturated rings. The third-order valence-electron chi connectivity index (χ3n) is 3.96. The van der Waals surface area contributed by atoms with E-state index in [1.807, 2.05) is 37.3 Å². The Morgan fingerprint density at radius 2 is 2.10 bits per heavy atom. The van der Waals surface area contributed by atoms with Crippen LogP contribution < -0.4 is 5.32 Å². The summed E-state index contributed by atoms with van der Waals surface area (Å²) in [4.78, 5) is 23.5. The van der Waals surface area contributed by atoms with Crippen LogP contribution in [0.2, 0.25) is 0 Å². The minimum atomic E-state index is -1.19. The number of alkyl carbamates (subject to hydrolysis) is 1. The van der Waals surface area contributed by atoms with E-state index >= 15 is 0 Å². The Morgan fingerprint density at radius 1 is 1.38 bits per heavy atom. The Bertz CT molecular complexity index is 502. The summed E-state index contributed by atoms with van der Waals surface area (Å²) in [7, 11) is 0. The Balaban J connectivity index is 1.94. The first-order valence-electron chi connectivity index (χ1n) is 7.24. The lowest BCUT2D eigenvalue weighted by molar-refractivity contribution is -0.146. The Morgan fingerprint density at radius 3 is 2.71 bits per heavy atom. The molecule has 0 aliphatic heterocycles. The number of rotatable bonds is 4. The number of carbonyl (C=O) groups is 2. The van der Waals surface area contributed by atoms with Crippen molar-refractivity contribution in [1.82, 2.24) is 5.32 Å². The van der Waals surface area contributed by atoms with Gasteiger partial charge in [0.05, 0.1) is 0 Å². The van der Waals surface area contributed by atoms with Crippen molar-refractivity contribution in [2.24, 2.45) is 5.92 Å². The van der Waals surface area contributed by atoms with Crippen LogP contribution in [0, 0.1) is 5.92 Å². The number of ether oxygens (including phenoxy) is 1. The van der Waals surface area contributed by atoms with Gasteiger partial charge in [-0.3, -0.25) is 0 Å². The maximum atomic E-state index is 11.9. The lowest BCUT2D eigenvalue weighted by atomic mass is 9.76. The lowest BCUT2D eigenvalue weighted by Gasteiger charge is -2.36. The summed E-state index contributed by atoms with van der Waals surface area (Å²) in [5, 5.41) is 12.0. The third-order valence-corrected chi connectivity index (χ3v) is 3.96. The molecule has 0 aromatic heterocycles. The summed E-state index contributed by atoms with van der Waals surface area (Å²) in [6.07, 6.45) is 2.02. The zero-order valence-electron chi connectivity index (χ0n) is 12.2. The smallest absolute Gasteiger partial charge is 0.408 e. The number of hydrogen-bond acceptors (Lipinski definition) is 3. The molecule has 2 unspecified atom stereocenters. The fourth-order valence-corrected chi connectivity index (χ4v) is 2.87. The van der Waals surface area contributed by atoms with Crippen molar-refractivity contribution >= 4 is 12.1 Å². The number of carbonyl (C=O) groups excluding carboxylic acids is 1. The summed E-state index contributed by atoms with van der Waals surface area (Å²) < 4.78 is 5.13. The molecule has 1 aliphatic rings. The van der Waals surface area contributed by atoms with Crippen molar-refractivity contribution in [3.8, 4) is 0 Å². The van der Waals surface area contributed by atoms with Crippen LogP contribution >= 0.6 is 0 Å². The number of carboxylic acid groups (broad SMARTS) is 1. The Kier molecular flexibility index (Phi) is 4.83. The Hall–Kier alpha value is -2.04. The van der Waals surface area contributed by atoms with Crippen LogP contribution in [0.5, 0.6) is 0 Å². The Labute approximate surface area is 124 Å². The fraction of sp³-hybridized carbons (Fsp3) is 0.500. The highest BCUT2D eigenvalue weighted by atomic mass is 16.5. The molecule has 1 aromatic rings. The predicted octanol–water partition coefficient (Wildman–Crippen LogP) is 2.95. The second-order valence-electron chi connectivity index (χ2n) is 5.78. The van der Waals surface area contributed by atoms with E-state index in [1.165, 1.54) is 0 Å². The molecule has 2 rings (SSSR count). The molecule has 1 aromatic carbocycles. The van der Waals surface area contributed by atoms with Gasteiger partial charge in [0.2, 0.25) is 0 Å². The monoisotopic (exact) mass is 291 g/mol. The first-order chi connectivity index (χ1) is 10.0. The first-order valence-corrected chi connectivity index (χ1v) is 7.24. The van der Waals surface area contributed by atoms with Gasteiger partial charge in [-0.05, 0) is 24.3 Å². The molecule has 0 saturated heterocycles. The van der Waals surface area contributed by atoms with Gasteiger partial charge in [0, 0.05) is 0 Å². The minimum Gasteiger partial charge on any atom is -0.480 e. The van der Waals surface area contributed by atoms with E-state index in [9.17, 15) is 14.7 Å². The van der Waals surface area contributed by atoms with Gasteiger partial charge in [0.1, 0.15) is 12.1 Å². The van der Waals surface area contributed by atoms with E-state index in [1.54, 1.807) is 0 Å². The standard InChI is InChI=1S/C16H21NO4/c1-12-6-5-9-16(10-12,14(18)19)17-15(20)21-11-13-7-3-2-4-8-13/h2-4,7-8,12H,5-6,9-11H2,1H3,(H,17,20)(H,18,19). The van der Waals surface area contributed by atoms with Crippen molar-refractivity contribution in [1.29, 1.82) is 0 Å². The molecular weight excluding hydrogens is 270 g/mol. The van der Waals surface area contributed by atoms with Crippen LogP contribution in [0.25, 0.3) is 0 Å². The van der Waals surface area contributed by atoms with Crippen LogP contribution in [-0.4, -0.2) is 22.7 Å². The van der Waals surface area contributed by atoms with Gasteiger partial charge in [-0.2, -0.15) is 0 Å². The predicted molar refractivity (Wildman–Crippen MR) is 77.8 cm³/mol. The SMILES string of the molecule is CC1CCCC(NC(=O)OCc2ccccc2)(C(=O)O)C1. The van der Waals surface area contributed by atoms with Gasteiger partial charge >= 0.3 is 12.1 Å². The van der Waals surface area contributed by atoms with Crippen molar-refractivity contribution < 1.29 is 19.4 Å². The number of nitrogens with one attached hydrogen (secondary N) is 1. The number of amides is 1. The molecule has 5 heteroatoms. The van der Waals surface area contributed by atoms with E-state index in [0.717, 1.165) is 18.4 Å². The molecule has 2 atom stereocenters. The van der Waals surface area contributed by atoms with E-state index in [0.29, 0.717) is 12.8 Å². The molecule has 114 valence electrons. The maximum absolute atomic E-state index is 11.9. The van der Waals surface area contributed by atoms with Gasteiger partial charge < -0.3 is 15.2 Å². The number of carboxylic acids is 1. The highest BCUT2D eigenvalue weighted by molar-refractivity contribution is 5.84. The van der Waals surface area contributed by atoms with E-state index in [-0.39, 0.29) is 12.5 Å². The molecular formula is C16H21NO4. The van der Waals surface area contributed by atoms with Crippen molar-refractivity contribution in [2.45, 2.75) is 44.8 Å². The molecule has 0 heterocycles. The quantitative estimate of drug-likeness (QED) is 0.894. The topological polar surface area (TPSA) is 75.6 Å². The van der Waals surface area contributed by atoms with Crippen LogP contribution in [0.1, 0.15) is 38.2 Å². The van der Waals surface area contributed by atoms with E-state index < -0.39 is 17.6 Å². The molecule has 0 radical (unpaired) electrons. The molecule has 0 spiro atoms. The van der Waals surface area contributed by atoms with Crippen molar-refractivity contribution in [3.63, 3.8) is 0 Å². The van der Waals surface area contributed by atoms with Crippen LogP contribution in [0.4, 0.5) is 4.79 Å². The minimum absolute atomic E-state index is 0.137. The van der Waals surface area contributed by atoms with Crippen molar-refractivity contribution in [3.05, 3.63) is 35.9 Å². The average molecular weight is 291 g/mol. The summed E-state index contributed by atoms with van der Waals surface area (Å²) in [6, 6.07) is 9.30. The average Bonchev–Trinajstić information content (AvgIpc) is 2.46. The molecule has 1 amide bonds. The normalized spacial score (nSPS) is 25.1. The van der Waals surface area contributed by atoms with E-state index in [2.05, 4.69) is 5.32 Å². The third kappa shape index (κ3) is 3.97. The summed E-state index contributed by atoms with van der Waals surface area (Å²) >= 11 is 0. The molecule has 21 heavy (non-hydrogen) atoms. The van der Waals surface area contributed by atoms with Gasteiger partial charge in [-0.25, -0.2) is 9.59 Å². The molecule has 0 bridgehead atoms. The summed E-state index contributed by atoms with van der Waals surface area (Å²) in [5.74, 6) is -0.699. The van der Waals surface area contributed by atoms with Crippen LogP contribution in [0.15, 0.2) is 30.3 Å². The molecule has 1 aliphatic carbocycles. The number of aliphatic carboxylic acids is 1. The number of hydrogen-bond donors (Lipinski definition) is 2. The first kappa shape index (κ1) is 15.4. The second kappa shape index (κ2) is 6.61. The second-order valence-corrected chi connectivity index (χ2v) is 5.78. The van der Waals surface area contributed by atoms with E-state index in [4.69, 9.17) is 4.74 Å². The summed E-state index contributed by atoms with van der Waals surface area (Å²) in [5.41, 5.74) is -0.320. The van der Waals surface area contributed by atoms with Gasteiger partial charge in [0.15, 0.2) is 0 Å². The lowest BCUT2D eigenvalue weighted by Crippen LogP contribution is -2.56. The zero-order chi connectivity index (χ0) is 15.3. The number of benzene rings is 1. The van der Waals surface area contributed by atoms with Gasteiger partial charge in [-0.1, -0.05) is 50.1 Å². The molecule has 1 saturated carbocycles. The van der Waals surface area contributed by atoms with Gasteiger partial charge in [-0.15, -0.1) is 0 Å². The van der Waals surface area contributed by atoms with Gasteiger partial charge in [0.25, 0.3) is 0 Å². The zero-order valence-corrected chi connectivity index (χ0v) is 12.2. The highest BCUT2D eigenvalue weighted by Crippen LogP contribution is 2.32. The highest BCUT2D eigenvalue weighted by Gasteiger charge is 2.43. The molecule has 2 N–H and O–H groups in total. The fourth-order valence-electron chi connectivity index (χ4n) is 2.87. The molecule has 5 nitrogen and oxygen atoms in total. The van der Waals surface area contributed by atoms with Crippen molar-refractivity contribution in [2.75, 3.05) is 0 Å². The van der Waals surface area contributed by atoms with Crippen LogP contribution in [-0.2, 0) is 16.1 Å². The van der Waals surface area contributed by atoms with Crippen LogP contribution in [0.3, 0.4) is 0 Å². The summed E-state index contributed by atoms with van der Waals surface area (Å²) in [6.45, 7) is 2.14.